The highest BCUT2D eigenvalue weighted by atomic mass is 35.5. The van der Waals surface area contributed by atoms with Gasteiger partial charge < -0.3 is 10.6 Å². The van der Waals surface area contributed by atoms with Crippen molar-refractivity contribution < 1.29 is 4.79 Å². The molecule has 0 unspecified atom stereocenters. The summed E-state index contributed by atoms with van der Waals surface area (Å²) in [7, 11) is 0. The predicted octanol–water partition coefficient (Wildman–Crippen LogP) is 3.86. The molecule has 0 spiro atoms. The highest BCUT2D eigenvalue weighted by molar-refractivity contribution is 6.42. The van der Waals surface area contributed by atoms with E-state index in [1.165, 1.54) is 0 Å². The van der Waals surface area contributed by atoms with Gasteiger partial charge in [0.1, 0.15) is 5.82 Å². The molecule has 0 aliphatic rings. The lowest BCUT2D eigenvalue weighted by molar-refractivity contribution is 0.102. The summed E-state index contributed by atoms with van der Waals surface area (Å²) in [4.78, 5) is 12.0. The number of rotatable bonds is 5. The van der Waals surface area contributed by atoms with E-state index in [1.807, 2.05) is 0 Å². The number of carbonyl (C=O) groups is 1. The number of amides is 1. The molecule has 0 radical (unpaired) electrons. The lowest BCUT2D eigenvalue weighted by atomic mass is 10.3. The van der Waals surface area contributed by atoms with Crippen molar-refractivity contribution in [3.05, 3.63) is 46.1 Å². The molecule has 5 nitrogen and oxygen atoms in total. The van der Waals surface area contributed by atoms with Crippen LogP contribution in [-0.2, 0) is 0 Å². The maximum atomic E-state index is 12.0. The molecule has 2 rings (SSSR count). The molecule has 0 aliphatic heterocycles. The van der Waals surface area contributed by atoms with Crippen molar-refractivity contribution in [2.45, 2.75) is 13.3 Å². The largest absolute Gasteiger partial charge is 0.369 e. The third-order valence-corrected chi connectivity index (χ3v) is 3.37. The van der Waals surface area contributed by atoms with Gasteiger partial charge in [-0.15, -0.1) is 10.2 Å². The van der Waals surface area contributed by atoms with Crippen LogP contribution in [0, 0.1) is 0 Å². The van der Waals surface area contributed by atoms with E-state index in [0.29, 0.717) is 21.6 Å². The van der Waals surface area contributed by atoms with Crippen molar-refractivity contribution in [2.75, 3.05) is 17.2 Å². The molecule has 2 aromatic rings. The number of carbonyl (C=O) groups excluding carboxylic acids is 1. The van der Waals surface area contributed by atoms with Crippen molar-refractivity contribution in [3.63, 3.8) is 0 Å². The second kappa shape index (κ2) is 7.24. The van der Waals surface area contributed by atoms with Crippen molar-refractivity contribution in [3.8, 4) is 0 Å². The van der Waals surface area contributed by atoms with Crippen LogP contribution in [0.1, 0.15) is 23.8 Å². The average molecular weight is 325 g/mol. The second-order valence-corrected chi connectivity index (χ2v) is 5.13. The topological polar surface area (TPSA) is 66.9 Å². The minimum Gasteiger partial charge on any atom is -0.369 e. The van der Waals surface area contributed by atoms with E-state index in [1.54, 1.807) is 30.3 Å². The van der Waals surface area contributed by atoms with Gasteiger partial charge in [-0.25, -0.2) is 0 Å². The van der Waals surface area contributed by atoms with Gasteiger partial charge in [0.25, 0.3) is 5.91 Å². The molecule has 1 amide bonds. The summed E-state index contributed by atoms with van der Waals surface area (Å²) in [6.45, 7) is 2.86. The van der Waals surface area contributed by atoms with Gasteiger partial charge >= 0.3 is 0 Å². The number of anilines is 2. The molecule has 0 bridgehead atoms. The minimum absolute atomic E-state index is 0.225. The highest BCUT2D eigenvalue weighted by Gasteiger charge is 2.09. The molecule has 0 aliphatic carbocycles. The van der Waals surface area contributed by atoms with Crippen LogP contribution in [0.25, 0.3) is 0 Å². The van der Waals surface area contributed by atoms with Crippen LogP contribution in [-0.4, -0.2) is 22.6 Å². The van der Waals surface area contributed by atoms with Crippen molar-refractivity contribution in [1.29, 1.82) is 0 Å². The number of hydrogen-bond donors (Lipinski definition) is 2. The van der Waals surface area contributed by atoms with Crippen molar-refractivity contribution >= 4 is 40.6 Å². The Balaban J connectivity index is 2.04. The molecule has 0 fully saturated rings. The molecule has 1 aromatic heterocycles. The SMILES string of the molecule is CCCNc1ccc(C(=O)Nc2ccc(Cl)c(Cl)c2)nn1. The zero-order chi connectivity index (χ0) is 15.2. The van der Waals surface area contributed by atoms with Crippen LogP contribution in [0.15, 0.2) is 30.3 Å². The second-order valence-electron chi connectivity index (χ2n) is 4.31. The Bertz CT molecular complexity index is 631. The fourth-order valence-corrected chi connectivity index (χ4v) is 1.87. The average Bonchev–Trinajstić information content (AvgIpc) is 2.49. The molecular weight excluding hydrogens is 311 g/mol. The first kappa shape index (κ1) is 15.5. The molecular formula is C14H14Cl2N4O. The lowest BCUT2D eigenvalue weighted by Crippen LogP contribution is -2.15. The van der Waals surface area contributed by atoms with E-state index in [9.17, 15) is 4.79 Å². The summed E-state index contributed by atoms with van der Waals surface area (Å²) in [5.74, 6) is 0.283. The van der Waals surface area contributed by atoms with Gasteiger partial charge in [-0.1, -0.05) is 30.1 Å². The first-order valence-corrected chi connectivity index (χ1v) is 7.19. The van der Waals surface area contributed by atoms with Gasteiger partial charge in [0, 0.05) is 12.2 Å². The molecule has 1 aromatic carbocycles. The summed E-state index contributed by atoms with van der Waals surface area (Å²) in [6.07, 6.45) is 0.987. The molecule has 110 valence electrons. The van der Waals surface area contributed by atoms with E-state index in [4.69, 9.17) is 23.2 Å². The molecule has 2 N–H and O–H groups in total. The Labute approximate surface area is 132 Å². The fraction of sp³-hybridized carbons (Fsp3) is 0.214. The number of benzene rings is 1. The zero-order valence-electron chi connectivity index (χ0n) is 11.4. The van der Waals surface area contributed by atoms with Crippen molar-refractivity contribution in [1.82, 2.24) is 10.2 Å². The predicted molar refractivity (Wildman–Crippen MR) is 85.2 cm³/mol. The molecule has 0 atom stereocenters. The summed E-state index contributed by atoms with van der Waals surface area (Å²) >= 11 is 11.7. The van der Waals surface area contributed by atoms with Gasteiger partial charge in [0.15, 0.2) is 5.69 Å². The van der Waals surface area contributed by atoms with Crippen LogP contribution in [0.2, 0.25) is 10.0 Å². The van der Waals surface area contributed by atoms with Crippen LogP contribution in [0.4, 0.5) is 11.5 Å². The molecule has 0 saturated heterocycles. The summed E-state index contributed by atoms with van der Waals surface area (Å²) < 4.78 is 0. The van der Waals surface area contributed by atoms with Gasteiger partial charge in [0.05, 0.1) is 10.0 Å². The normalized spacial score (nSPS) is 10.2. The summed E-state index contributed by atoms with van der Waals surface area (Å²) in [5.41, 5.74) is 0.771. The van der Waals surface area contributed by atoms with Crippen LogP contribution < -0.4 is 10.6 Å². The fourth-order valence-electron chi connectivity index (χ4n) is 1.57. The van der Waals surface area contributed by atoms with Gasteiger partial charge in [-0.2, -0.15) is 0 Å². The zero-order valence-corrected chi connectivity index (χ0v) is 12.9. The number of aromatic nitrogens is 2. The number of nitrogens with zero attached hydrogens (tertiary/aromatic N) is 2. The monoisotopic (exact) mass is 324 g/mol. The Morgan fingerprint density at radius 2 is 1.95 bits per heavy atom. The van der Waals surface area contributed by atoms with E-state index in [-0.39, 0.29) is 11.6 Å². The van der Waals surface area contributed by atoms with E-state index >= 15 is 0 Å². The Morgan fingerprint density at radius 3 is 2.57 bits per heavy atom. The van der Waals surface area contributed by atoms with E-state index < -0.39 is 0 Å². The molecule has 1 heterocycles. The number of nitrogens with one attached hydrogen (secondary N) is 2. The lowest BCUT2D eigenvalue weighted by Gasteiger charge is -2.06. The van der Waals surface area contributed by atoms with E-state index in [2.05, 4.69) is 27.8 Å². The van der Waals surface area contributed by atoms with Gasteiger partial charge in [-0.3, -0.25) is 4.79 Å². The maximum absolute atomic E-state index is 12.0. The van der Waals surface area contributed by atoms with Gasteiger partial charge in [0.2, 0.25) is 0 Å². The quantitative estimate of drug-likeness (QED) is 0.876. The van der Waals surface area contributed by atoms with Crippen molar-refractivity contribution in [2.24, 2.45) is 0 Å². The van der Waals surface area contributed by atoms with Crippen LogP contribution >= 0.6 is 23.2 Å². The standard InChI is InChI=1S/C14H14Cl2N4O/c1-2-7-17-13-6-5-12(19-20-13)14(21)18-9-3-4-10(15)11(16)8-9/h3-6,8H,2,7H2,1H3,(H,17,20)(H,18,21). The third-order valence-electron chi connectivity index (χ3n) is 2.63. The number of hydrogen-bond acceptors (Lipinski definition) is 4. The maximum Gasteiger partial charge on any atom is 0.276 e. The van der Waals surface area contributed by atoms with E-state index in [0.717, 1.165) is 13.0 Å². The Kier molecular flexibility index (Phi) is 5.36. The highest BCUT2D eigenvalue weighted by Crippen LogP contribution is 2.25. The molecule has 0 saturated carbocycles. The summed E-state index contributed by atoms with van der Waals surface area (Å²) in [6, 6.07) is 8.18. The van der Waals surface area contributed by atoms with Crippen LogP contribution in [0.3, 0.4) is 0 Å². The first-order valence-electron chi connectivity index (χ1n) is 6.44. The Hall–Kier alpha value is -1.85. The smallest absolute Gasteiger partial charge is 0.276 e. The Morgan fingerprint density at radius 1 is 1.14 bits per heavy atom. The molecule has 7 heteroatoms. The first-order chi connectivity index (χ1) is 10.1. The summed E-state index contributed by atoms with van der Waals surface area (Å²) in [5, 5.41) is 14.4. The van der Waals surface area contributed by atoms with Crippen LogP contribution in [0.5, 0.6) is 0 Å². The third kappa shape index (κ3) is 4.31. The molecule has 21 heavy (non-hydrogen) atoms. The number of halogens is 2. The van der Waals surface area contributed by atoms with Gasteiger partial charge in [-0.05, 0) is 36.8 Å². The minimum atomic E-state index is -0.358.